The molecule has 0 radical (unpaired) electrons. The van der Waals surface area contributed by atoms with Crippen LogP contribution in [0, 0.1) is 5.92 Å². The van der Waals surface area contributed by atoms with E-state index < -0.39 is 7.60 Å². The molecule has 0 heterocycles. The van der Waals surface area contributed by atoms with Crippen LogP contribution < -0.4 is 0 Å². The van der Waals surface area contributed by atoms with Crippen molar-refractivity contribution in [2.45, 2.75) is 53.8 Å². The van der Waals surface area contributed by atoms with Crippen LogP contribution in [0.1, 0.15) is 41.5 Å². The van der Waals surface area contributed by atoms with Crippen molar-refractivity contribution < 1.29 is 13.6 Å². The van der Waals surface area contributed by atoms with Crippen molar-refractivity contribution >= 4 is 7.60 Å². The minimum atomic E-state index is -2.89. The summed E-state index contributed by atoms with van der Waals surface area (Å²) in [5.41, 5.74) is 0. The second kappa shape index (κ2) is 5.89. The van der Waals surface area contributed by atoms with E-state index in [1.807, 2.05) is 41.5 Å². The molecule has 0 amide bonds. The molecule has 0 rings (SSSR count). The van der Waals surface area contributed by atoms with Crippen molar-refractivity contribution in [3.8, 4) is 0 Å². The molecule has 0 aromatic rings. The zero-order valence-corrected chi connectivity index (χ0v) is 11.0. The summed E-state index contributed by atoms with van der Waals surface area (Å²) in [5.74, 6) is 0.318. The molecule has 4 heteroatoms. The van der Waals surface area contributed by atoms with E-state index in [0.717, 1.165) is 0 Å². The third-order valence-electron chi connectivity index (χ3n) is 1.33. The summed E-state index contributed by atoms with van der Waals surface area (Å²) in [7, 11) is -2.89. The predicted octanol–water partition coefficient (Wildman–Crippen LogP) is 3.69. The summed E-state index contributed by atoms with van der Waals surface area (Å²) < 4.78 is 23.0. The Bertz CT molecular complexity index is 166. The molecule has 86 valence electrons. The van der Waals surface area contributed by atoms with Crippen molar-refractivity contribution in [3.63, 3.8) is 0 Å². The van der Waals surface area contributed by atoms with Crippen LogP contribution >= 0.6 is 7.60 Å². The first kappa shape index (κ1) is 14.2. The van der Waals surface area contributed by atoms with Gasteiger partial charge in [0.1, 0.15) is 0 Å². The average Bonchev–Trinajstić information content (AvgIpc) is 1.76. The Morgan fingerprint density at radius 2 is 1.29 bits per heavy atom. The largest absolute Gasteiger partial charge is 0.331 e. The molecule has 0 fully saturated rings. The lowest BCUT2D eigenvalue weighted by Crippen LogP contribution is -2.12. The van der Waals surface area contributed by atoms with Crippen LogP contribution in [-0.4, -0.2) is 18.4 Å². The molecule has 0 spiro atoms. The third kappa shape index (κ3) is 6.58. The molecular formula is C10H23O3P. The molecule has 0 unspecified atom stereocenters. The summed E-state index contributed by atoms with van der Waals surface area (Å²) in [6, 6.07) is 0. The van der Waals surface area contributed by atoms with Gasteiger partial charge in [-0.25, -0.2) is 0 Å². The van der Waals surface area contributed by atoms with Crippen molar-refractivity contribution in [1.29, 1.82) is 0 Å². The Kier molecular flexibility index (Phi) is 5.96. The van der Waals surface area contributed by atoms with Crippen molar-refractivity contribution in [2.24, 2.45) is 5.92 Å². The van der Waals surface area contributed by atoms with Crippen LogP contribution in [0.4, 0.5) is 0 Å². The van der Waals surface area contributed by atoms with Gasteiger partial charge >= 0.3 is 7.60 Å². The summed E-state index contributed by atoms with van der Waals surface area (Å²) in [6.07, 6.45) is 0.375. The lowest BCUT2D eigenvalue weighted by atomic mass is 10.3. The minimum absolute atomic E-state index is 0.0571. The van der Waals surface area contributed by atoms with Crippen LogP contribution in [0.3, 0.4) is 0 Å². The van der Waals surface area contributed by atoms with Gasteiger partial charge in [0.25, 0.3) is 0 Å². The van der Waals surface area contributed by atoms with Gasteiger partial charge in [0.05, 0.1) is 18.4 Å². The molecule has 0 aliphatic rings. The molecule has 3 nitrogen and oxygen atoms in total. The Hall–Kier alpha value is 0.150. The first-order chi connectivity index (χ1) is 6.25. The highest BCUT2D eigenvalue weighted by molar-refractivity contribution is 7.53. The first-order valence-electron chi connectivity index (χ1n) is 5.21. The van der Waals surface area contributed by atoms with E-state index in [1.165, 1.54) is 0 Å². The molecule has 0 saturated carbocycles. The van der Waals surface area contributed by atoms with Gasteiger partial charge in [-0.3, -0.25) is 4.57 Å². The molecule has 0 N–H and O–H groups in total. The molecule has 0 bridgehead atoms. The maximum absolute atomic E-state index is 12.2. The normalized spacial score (nSPS) is 13.2. The maximum Gasteiger partial charge on any atom is 0.331 e. The van der Waals surface area contributed by atoms with Gasteiger partial charge in [-0.1, -0.05) is 13.8 Å². The molecule has 0 aromatic heterocycles. The fraction of sp³-hybridized carbons (Fsp3) is 1.00. The first-order valence-corrected chi connectivity index (χ1v) is 6.94. The van der Waals surface area contributed by atoms with E-state index in [2.05, 4.69) is 0 Å². The highest BCUT2D eigenvalue weighted by Crippen LogP contribution is 2.51. The second-order valence-electron chi connectivity index (χ2n) is 4.50. The Morgan fingerprint density at radius 1 is 0.929 bits per heavy atom. The minimum Gasteiger partial charge on any atom is -0.306 e. The van der Waals surface area contributed by atoms with Crippen molar-refractivity contribution in [1.82, 2.24) is 0 Å². The van der Waals surface area contributed by atoms with E-state index in [4.69, 9.17) is 9.05 Å². The van der Waals surface area contributed by atoms with E-state index >= 15 is 0 Å². The van der Waals surface area contributed by atoms with Gasteiger partial charge in [0.15, 0.2) is 0 Å². The van der Waals surface area contributed by atoms with E-state index in [-0.39, 0.29) is 12.2 Å². The second-order valence-corrected chi connectivity index (χ2v) is 6.50. The number of rotatable bonds is 6. The van der Waals surface area contributed by atoms with Crippen LogP contribution in [0.2, 0.25) is 0 Å². The zero-order chi connectivity index (χ0) is 11.4. The number of hydrogen-bond acceptors (Lipinski definition) is 3. The lowest BCUT2D eigenvalue weighted by molar-refractivity contribution is 0.141. The monoisotopic (exact) mass is 222 g/mol. The SMILES string of the molecule is CC(C)CP(=O)(OC(C)C)OC(C)C. The average molecular weight is 222 g/mol. The summed E-state index contributed by atoms with van der Waals surface area (Å²) in [4.78, 5) is 0. The van der Waals surface area contributed by atoms with Crippen LogP contribution in [-0.2, 0) is 13.6 Å². The standard InChI is InChI=1S/C10H23O3P/c1-8(2)7-14(11,12-9(3)4)13-10(5)6/h8-10H,7H2,1-6H3. The van der Waals surface area contributed by atoms with Crippen molar-refractivity contribution in [3.05, 3.63) is 0 Å². The predicted molar refractivity (Wildman–Crippen MR) is 59.8 cm³/mol. The van der Waals surface area contributed by atoms with Gasteiger partial charge in [-0.15, -0.1) is 0 Å². The van der Waals surface area contributed by atoms with Crippen molar-refractivity contribution in [2.75, 3.05) is 6.16 Å². The molecule has 0 saturated heterocycles. The summed E-state index contributed by atoms with van der Waals surface area (Å²) in [6.45, 7) is 11.5. The highest BCUT2D eigenvalue weighted by atomic mass is 31.2. The summed E-state index contributed by atoms with van der Waals surface area (Å²) >= 11 is 0. The Morgan fingerprint density at radius 3 is 1.50 bits per heavy atom. The van der Waals surface area contributed by atoms with Gasteiger partial charge in [0.2, 0.25) is 0 Å². The van der Waals surface area contributed by atoms with Crippen LogP contribution in [0.15, 0.2) is 0 Å². The van der Waals surface area contributed by atoms with E-state index in [9.17, 15) is 4.57 Å². The van der Waals surface area contributed by atoms with Gasteiger partial charge < -0.3 is 9.05 Å². The van der Waals surface area contributed by atoms with Crippen LogP contribution in [0.5, 0.6) is 0 Å². The van der Waals surface area contributed by atoms with E-state index in [1.54, 1.807) is 0 Å². The zero-order valence-electron chi connectivity index (χ0n) is 10.1. The highest BCUT2D eigenvalue weighted by Gasteiger charge is 2.28. The summed E-state index contributed by atoms with van der Waals surface area (Å²) in [5, 5.41) is 0. The molecule has 14 heavy (non-hydrogen) atoms. The van der Waals surface area contributed by atoms with Crippen LogP contribution in [0.25, 0.3) is 0 Å². The smallest absolute Gasteiger partial charge is 0.306 e. The van der Waals surface area contributed by atoms with Gasteiger partial charge in [0, 0.05) is 0 Å². The van der Waals surface area contributed by atoms with E-state index in [0.29, 0.717) is 12.1 Å². The molecule has 0 aliphatic heterocycles. The molecule has 0 aromatic carbocycles. The lowest BCUT2D eigenvalue weighted by Gasteiger charge is -2.23. The fourth-order valence-electron chi connectivity index (χ4n) is 1.20. The van der Waals surface area contributed by atoms with Gasteiger partial charge in [-0.05, 0) is 33.6 Å². The fourth-order valence-corrected chi connectivity index (χ4v) is 3.60. The molecular weight excluding hydrogens is 199 g/mol. The molecule has 0 aliphatic carbocycles. The molecule has 0 atom stereocenters. The Balaban J connectivity index is 4.41. The number of hydrogen-bond donors (Lipinski definition) is 0. The van der Waals surface area contributed by atoms with Gasteiger partial charge in [-0.2, -0.15) is 0 Å². The quantitative estimate of drug-likeness (QED) is 0.643. The maximum atomic E-state index is 12.2. The third-order valence-corrected chi connectivity index (χ3v) is 3.99. The Labute approximate surface area is 87.7 Å². The topological polar surface area (TPSA) is 35.5 Å².